The first-order valence-electron chi connectivity index (χ1n) is 8.30. The number of ether oxygens (including phenoxy) is 1. The zero-order valence-electron chi connectivity index (χ0n) is 14.9. The third-order valence-electron chi connectivity index (χ3n) is 4.37. The Labute approximate surface area is 152 Å². The van der Waals surface area contributed by atoms with Gasteiger partial charge < -0.3 is 15.2 Å². The fraction of sp³-hybridized carbons (Fsp3) is 0.238. The molecular formula is C21H21NO4. The lowest BCUT2D eigenvalue weighted by Gasteiger charge is -2.28. The fourth-order valence-corrected chi connectivity index (χ4v) is 3.15. The third kappa shape index (κ3) is 3.02. The Balaban J connectivity index is 2.17. The highest BCUT2D eigenvalue weighted by Crippen LogP contribution is 2.38. The Hall–Kier alpha value is -2.92. The number of aliphatic hydroxyl groups is 1. The summed E-state index contributed by atoms with van der Waals surface area (Å²) in [5, 5.41) is 12.7. The molecule has 0 radical (unpaired) electrons. The number of methoxy groups -OCH3 is 1. The average Bonchev–Trinajstić information content (AvgIpc) is 2.93. The Morgan fingerprint density at radius 3 is 2.62 bits per heavy atom. The molecule has 1 aliphatic rings. The predicted molar refractivity (Wildman–Crippen MR) is 98.5 cm³/mol. The van der Waals surface area contributed by atoms with E-state index in [9.17, 15) is 14.7 Å². The van der Waals surface area contributed by atoms with Crippen LogP contribution in [0.15, 0.2) is 54.6 Å². The molecule has 1 unspecified atom stereocenters. The van der Waals surface area contributed by atoms with Crippen molar-refractivity contribution in [1.29, 1.82) is 0 Å². The molecule has 0 saturated carbocycles. The quantitative estimate of drug-likeness (QED) is 0.831. The molecule has 0 fully saturated rings. The number of rotatable bonds is 4. The molecule has 0 spiro atoms. The van der Waals surface area contributed by atoms with Crippen molar-refractivity contribution in [2.24, 2.45) is 0 Å². The lowest BCUT2D eigenvalue weighted by atomic mass is 9.83. The van der Waals surface area contributed by atoms with E-state index in [1.165, 1.54) is 7.11 Å². The van der Waals surface area contributed by atoms with E-state index >= 15 is 0 Å². The molecule has 0 bridgehead atoms. The van der Waals surface area contributed by atoms with Crippen molar-refractivity contribution in [2.45, 2.75) is 25.0 Å². The second kappa shape index (κ2) is 6.42. The highest BCUT2D eigenvalue weighted by Gasteiger charge is 2.51. The predicted octanol–water partition coefficient (Wildman–Crippen LogP) is 2.63. The molecule has 3 rings (SSSR count). The molecule has 2 N–H and O–H groups in total. The second-order valence-electron chi connectivity index (χ2n) is 6.85. The van der Waals surface area contributed by atoms with Gasteiger partial charge in [-0.1, -0.05) is 48.6 Å². The molecule has 134 valence electrons. The maximum atomic E-state index is 12.8. The van der Waals surface area contributed by atoms with Crippen LogP contribution in [0.4, 0.5) is 0 Å². The van der Waals surface area contributed by atoms with Crippen LogP contribution in [0, 0.1) is 0 Å². The van der Waals surface area contributed by atoms with E-state index < -0.39 is 17.1 Å². The van der Waals surface area contributed by atoms with Crippen LogP contribution in [-0.4, -0.2) is 29.7 Å². The van der Waals surface area contributed by atoms with Crippen LogP contribution in [-0.2, 0) is 15.1 Å². The molecular weight excluding hydrogens is 330 g/mol. The number of amides is 1. The molecule has 2 aromatic carbocycles. The summed E-state index contributed by atoms with van der Waals surface area (Å²) in [6.45, 7) is 3.35. The van der Waals surface area contributed by atoms with Crippen molar-refractivity contribution in [1.82, 2.24) is 5.32 Å². The SMILES string of the molecule is COC(=O)C1(c2cccc(/C=C/C(C)(C)O)c2)NC(=O)c2ccccc21. The summed E-state index contributed by atoms with van der Waals surface area (Å²) in [4.78, 5) is 25.2. The number of nitrogens with one attached hydrogen (secondary N) is 1. The summed E-state index contributed by atoms with van der Waals surface area (Å²) in [6, 6.07) is 14.2. The monoisotopic (exact) mass is 351 g/mol. The minimum absolute atomic E-state index is 0.316. The highest BCUT2D eigenvalue weighted by atomic mass is 16.5. The lowest BCUT2D eigenvalue weighted by molar-refractivity contribution is -0.146. The van der Waals surface area contributed by atoms with E-state index in [0.717, 1.165) is 5.56 Å². The smallest absolute Gasteiger partial charge is 0.341 e. The van der Waals surface area contributed by atoms with E-state index in [1.807, 2.05) is 12.1 Å². The van der Waals surface area contributed by atoms with Gasteiger partial charge in [0.2, 0.25) is 0 Å². The van der Waals surface area contributed by atoms with Crippen LogP contribution in [0.5, 0.6) is 0 Å². The normalized spacial score (nSPS) is 19.3. The number of fused-ring (bicyclic) bond motifs is 1. The van der Waals surface area contributed by atoms with Gasteiger partial charge in [0.1, 0.15) is 0 Å². The van der Waals surface area contributed by atoms with Crippen LogP contribution in [0.2, 0.25) is 0 Å². The van der Waals surface area contributed by atoms with Crippen LogP contribution in [0.1, 0.15) is 40.9 Å². The van der Waals surface area contributed by atoms with Gasteiger partial charge >= 0.3 is 5.97 Å². The molecule has 1 amide bonds. The van der Waals surface area contributed by atoms with Crippen LogP contribution >= 0.6 is 0 Å². The van der Waals surface area contributed by atoms with Crippen molar-refractivity contribution in [2.75, 3.05) is 7.11 Å². The summed E-state index contributed by atoms with van der Waals surface area (Å²) < 4.78 is 5.04. The van der Waals surface area contributed by atoms with Gasteiger partial charge in [0.05, 0.1) is 12.7 Å². The fourth-order valence-electron chi connectivity index (χ4n) is 3.15. The zero-order valence-corrected chi connectivity index (χ0v) is 14.9. The Kier molecular flexibility index (Phi) is 4.42. The number of carbonyl (C=O) groups excluding carboxylic acids is 2. The summed E-state index contributed by atoms with van der Waals surface area (Å²) in [5.74, 6) is -0.872. The number of esters is 1. The Morgan fingerprint density at radius 2 is 1.92 bits per heavy atom. The van der Waals surface area contributed by atoms with Crippen LogP contribution in [0.25, 0.3) is 6.08 Å². The van der Waals surface area contributed by atoms with Gasteiger partial charge in [0.25, 0.3) is 5.91 Å². The minimum Gasteiger partial charge on any atom is -0.467 e. The molecule has 5 heteroatoms. The second-order valence-corrected chi connectivity index (χ2v) is 6.85. The number of carbonyl (C=O) groups is 2. The van der Waals surface area contributed by atoms with Gasteiger partial charge in [-0.25, -0.2) is 4.79 Å². The lowest BCUT2D eigenvalue weighted by Crippen LogP contribution is -2.48. The van der Waals surface area contributed by atoms with Gasteiger partial charge in [-0.3, -0.25) is 4.79 Å². The molecule has 0 aromatic heterocycles. The first-order valence-corrected chi connectivity index (χ1v) is 8.30. The van der Waals surface area contributed by atoms with Crippen molar-refractivity contribution < 1.29 is 19.4 Å². The van der Waals surface area contributed by atoms with Crippen molar-refractivity contribution in [3.63, 3.8) is 0 Å². The molecule has 1 heterocycles. The molecule has 5 nitrogen and oxygen atoms in total. The van der Waals surface area contributed by atoms with Crippen molar-refractivity contribution in [3.05, 3.63) is 76.9 Å². The van der Waals surface area contributed by atoms with Crippen LogP contribution in [0.3, 0.4) is 0 Å². The minimum atomic E-state index is -1.39. The topological polar surface area (TPSA) is 75.6 Å². The molecule has 26 heavy (non-hydrogen) atoms. The number of hydrogen-bond acceptors (Lipinski definition) is 4. The van der Waals surface area contributed by atoms with E-state index in [-0.39, 0.29) is 5.91 Å². The summed E-state index contributed by atoms with van der Waals surface area (Å²) >= 11 is 0. The first kappa shape index (κ1) is 17.9. The van der Waals surface area contributed by atoms with E-state index in [0.29, 0.717) is 16.7 Å². The molecule has 1 atom stereocenters. The van der Waals surface area contributed by atoms with E-state index in [2.05, 4.69) is 5.32 Å². The van der Waals surface area contributed by atoms with Gasteiger partial charge in [0, 0.05) is 11.1 Å². The van der Waals surface area contributed by atoms with Gasteiger partial charge in [-0.15, -0.1) is 0 Å². The first-order chi connectivity index (χ1) is 12.3. The Morgan fingerprint density at radius 1 is 1.19 bits per heavy atom. The Bertz CT molecular complexity index is 895. The van der Waals surface area contributed by atoms with Gasteiger partial charge in [0.15, 0.2) is 5.54 Å². The molecule has 2 aromatic rings. The summed E-state index contributed by atoms with van der Waals surface area (Å²) in [7, 11) is 1.30. The third-order valence-corrected chi connectivity index (χ3v) is 4.37. The standard InChI is InChI=1S/C21H21NO4/c1-20(2,25)12-11-14-7-6-8-15(13-14)21(19(24)26-3)17-10-5-4-9-16(17)18(23)22-21/h4-13,25H,1-3H3,(H,22,23)/b12-11+. The van der Waals surface area contributed by atoms with Gasteiger partial charge in [-0.05, 0) is 37.1 Å². The largest absolute Gasteiger partial charge is 0.467 e. The zero-order chi connectivity index (χ0) is 18.9. The van der Waals surface area contributed by atoms with Gasteiger partial charge in [-0.2, -0.15) is 0 Å². The highest BCUT2D eigenvalue weighted by molar-refractivity contribution is 6.07. The van der Waals surface area contributed by atoms with E-state index in [1.54, 1.807) is 62.4 Å². The summed E-state index contributed by atoms with van der Waals surface area (Å²) in [5.41, 5.74) is 0.0773. The number of hydrogen-bond donors (Lipinski definition) is 2. The molecule has 0 saturated heterocycles. The van der Waals surface area contributed by atoms with Crippen LogP contribution < -0.4 is 5.32 Å². The maximum absolute atomic E-state index is 12.8. The maximum Gasteiger partial charge on any atom is 0.341 e. The molecule has 0 aliphatic carbocycles. The van der Waals surface area contributed by atoms with Crippen molar-refractivity contribution in [3.8, 4) is 0 Å². The molecule has 1 aliphatic heterocycles. The summed E-state index contributed by atoms with van der Waals surface area (Å²) in [6.07, 6.45) is 3.44. The average molecular weight is 351 g/mol. The van der Waals surface area contributed by atoms with Crippen molar-refractivity contribution >= 4 is 18.0 Å². The van der Waals surface area contributed by atoms with E-state index in [4.69, 9.17) is 4.74 Å². The number of benzene rings is 2.